The average molecular weight is 270 g/mol. The van der Waals surface area contributed by atoms with Crippen molar-refractivity contribution >= 4 is 0 Å². The van der Waals surface area contributed by atoms with Gasteiger partial charge in [0.2, 0.25) is 0 Å². The Bertz CT molecular complexity index is 588. The molecule has 0 amide bonds. The minimum atomic E-state index is -0.737. The quantitative estimate of drug-likeness (QED) is 0.892. The smallest absolute Gasteiger partial charge is 0.123 e. The van der Waals surface area contributed by atoms with Gasteiger partial charge in [-0.25, -0.2) is 0 Å². The molecule has 2 heterocycles. The van der Waals surface area contributed by atoms with E-state index >= 15 is 0 Å². The van der Waals surface area contributed by atoms with Crippen molar-refractivity contribution in [3.63, 3.8) is 0 Å². The van der Waals surface area contributed by atoms with Crippen molar-refractivity contribution < 1.29 is 9.84 Å². The Labute approximate surface area is 118 Å². The van der Waals surface area contributed by atoms with Gasteiger partial charge in [-0.2, -0.15) is 0 Å². The van der Waals surface area contributed by atoms with Crippen LogP contribution in [0, 0.1) is 0 Å². The summed E-state index contributed by atoms with van der Waals surface area (Å²) < 4.78 is 5.68. The Morgan fingerprint density at radius 2 is 2.05 bits per heavy atom. The first kappa shape index (κ1) is 13.1. The number of nitrogens with two attached hydrogens (primary N) is 1. The van der Waals surface area contributed by atoms with Gasteiger partial charge < -0.3 is 15.6 Å². The standard InChI is InChI=1S/C16H18N2O2/c17-11-16(15(19)13-6-3-4-9-18-13)8-10-20-14-7-2-1-5-12(14)16/h1-7,9,15,19H,8,10-11,17H2. The summed E-state index contributed by atoms with van der Waals surface area (Å²) in [5.41, 5.74) is 7.12. The van der Waals surface area contributed by atoms with E-state index in [1.807, 2.05) is 42.5 Å². The molecule has 1 aromatic carbocycles. The van der Waals surface area contributed by atoms with Gasteiger partial charge in [0.25, 0.3) is 0 Å². The number of ether oxygens (including phenoxy) is 1. The van der Waals surface area contributed by atoms with Crippen LogP contribution in [-0.4, -0.2) is 23.2 Å². The van der Waals surface area contributed by atoms with Gasteiger partial charge in [-0.3, -0.25) is 4.98 Å². The number of hydrogen-bond donors (Lipinski definition) is 2. The van der Waals surface area contributed by atoms with E-state index in [0.29, 0.717) is 25.3 Å². The number of nitrogens with zero attached hydrogens (tertiary/aromatic N) is 1. The van der Waals surface area contributed by atoms with Crippen LogP contribution in [0.3, 0.4) is 0 Å². The highest BCUT2D eigenvalue weighted by molar-refractivity contribution is 5.43. The molecule has 0 saturated carbocycles. The molecule has 2 aromatic rings. The number of para-hydroxylation sites is 1. The van der Waals surface area contributed by atoms with Gasteiger partial charge in [-0.05, 0) is 24.6 Å². The Balaban J connectivity index is 2.09. The molecule has 0 saturated heterocycles. The fourth-order valence-corrected chi connectivity index (χ4v) is 2.91. The van der Waals surface area contributed by atoms with Gasteiger partial charge in [-0.15, -0.1) is 0 Å². The summed E-state index contributed by atoms with van der Waals surface area (Å²) in [6.07, 6.45) is 1.63. The van der Waals surface area contributed by atoms with Crippen molar-refractivity contribution in [2.75, 3.05) is 13.2 Å². The summed E-state index contributed by atoms with van der Waals surface area (Å²) in [5.74, 6) is 0.805. The molecule has 4 heteroatoms. The van der Waals surface area contributed by atoms with Crippen LogP contribution in [0.5, 0.6) is 5.75 Å². The van der Waals surface area contributed by atoms with Gasteiger partial charge >= 0.3 is 0 Å². The molecule has 1 aliphatic rings. The number of pyridine rings is 1. The van der Waals surface area contributed by atoms with Gasteiger partial charge in [0.15, 0.2) is 0 Å². The van der Waals surface area contributed by atoms with Crippen molar-refractivity contribution in [3.05, 3.63) is 59.9 Å². The summed E-state index contributed by atoms with van der Waals surface area (Å²) >= 11 is 0. The molecule has 2 unspecified atom stereocenters. The maximum Gasteiger partial charge on any atom is 0.123 e. The summed E-state index contributed by atoms with van der Waals surface area (Å²) in [4.78, 5) is 4.27. The van der Waals surface area contributed by atoms with E-state index < -0.39 is 11.5 Å². The molecule has 0 aliphatic carbocycles. The third-order valence-corrected chi connectivity index (χ3v) is 4.08. The molecular weight excluding hydrogens is 252 g/mol. The molecule has 20 heavy (non-hydrogen) atoms. The van der Waals surface area contributed by atoms with Crippen molar-refractivity contribution in [1.82, 2.24) is 4.98 Å². The largest absolute Gasteiger partial charge is 0.493 e. The second kappa shape index (κ2) is 5.23. The Morgan fingerprint density at radius 1 is 1.25 bits per heavy atom. The number of aromatic nitrogens is 1. The van der Waals surface area contributed by atoms with E-state index in [-0.39, 0.29) is 0 Å². The first-order chi connectivity index (χ1) is 9.78. The van der Waals surface area contributed by atoms with E-state index in [2.05, 4.69) is 4.98 Å². The van der Waals surface area contributed by atoms with Gasteiger partial charge in [0.1, 0.15) is 11.9 Å². The summed E-state index contributed by atoms with van der Waals surface area (Å²) in [7, 11) is 0. The number of fused-ring (bicyclic) bond motifs is 1. The van der Waals surface area contributed by atoms with Gasteiger partial charge in [0, 0.05) is 23.7 Å². The lowest BCUT2D eigenvalue weighted by Gasteiger charge is -2.41. The number of aliphatic hydroxyl groups excluding tert-OH is 1. The van der Waals surface area contributed by atoms with Crippen molar-refractivity contribution in [1.29, 1.82) is 0 Å². The molecular formula is C16H18N2O2. The molecule has 104 valence electrons. The Hall–Kier alpha value is -1.91. The zero-order chi connectivity index (χ0) is 14.0. The van der Waals surface area contributed by atoms with Crippen LogP contribution >= 0.6 is 0 Å². The van der Waals surface area contributed by atoms with Gasteiger partial charge in [-0.1, -0.05) is 24.3 Å². The second-order valence-corrected chi connectivity index (χ2v) is 5.11. The lowest BCUT2D eigenvalue weighted by molar-refractivity contribution is 0.0504. The normalized spacial score (nSPS) is 22.7. The molecule has 3 rings (SSSR count). The first-order valence-corrected chi connectivity index (χ1v) is 6.79. The topological polar surface area (TPSA) is 68.4 Å². The maximum absolute atomic E-state index is 10.8. The molecule has 0 fully saturated rings. The zero-order valence-corrected chi connectivity index (χ0v) is 11.2. The zero-order valence-electron chi connectivity index (χ0n) is 11.2. The molecule has 0 radical (unpaired) electrons. The maximum atomic E-state index is 10.8. The van der Waals surface area contributed by atoms with E-state index in [1.54, 1.807) is 6.20 Å². The second-order valence-electron chi connectivity index (χ2n) is 5.11. The fraction of sp³-hybridized carbons (Fsp3) is 0.312. The monoisotopic (exact) mass is 270 g/mol. The van der Waals surface area contributed by atoms with Gasteiger partial charge in [0.05, 0.1) is 12.3 Å². The molecule has 1 aromatic heterocycles. The van der Waals surface area contributed by atoms with Crippen molar-refractivity contribution in [2.24, 2.45) is 5.73 Å². The van der Waals surface area contributed by atoms with E-state index in [4.69, 9.17) is 10.5 Å². The molecule has 0 bridgehead atoms. The lowest BCUT2D eigenvalue weighted by atomic mass is 9.70. The number of rotatable bonds is 3. The Morgan fingerprint density at radius 3 is 2.80 bits per heavy atom. The molecule has 0 spiro atoms. The van der Waals surface area contributed by atoms with Crippen LogP contribution in [0.4, 0.5) is 0 Å². The number of hydrogen-bond acceptors (Lipinski definition) is 4. The van der Waals surface area contributed by atoms with Crippen LogP contribution in [0.2, 0.25) is 0 Å². The minimum absolute atomic E-state index is 0.352. The predicted molar refractivity (Wildman–Crippen MR) is 76.5 cm³/mol. The van der Waals surface area contributed by atoms with Crippen LogP contribution in [0.1, 0.15) is 23.8 Å². The van der Waals surface area contributed by atoms with Crippen LogP contribution in [0.25, 0.3) is 0 Å². The fourth-order valence-electron chi connectivity index (χ4n) is 2.91. The van der Waals surface area contributed by atoms with Crippen LogP contribution in [0.15, 0.2) is 48.7 Å². The Kier molecular flexibility index (Phi) is 3.42. The number of aliphatic hydroxyl groups is 1. The van der Waals surface area contributed by atoms with Crippen molar-refractivity contribution in [2.45, 2.75) is 17.9 Å². The average Bonchev–Trinajstić information content (AvgIpc) is 2.54. The first-order valence-electron chi connectivity index (χ1n) is 6.79. The third kappa shape index (κ3) is 1.97. The highest BCUT2D eigenvalue weighted by atomic mass is 16.5. The van der Waals surface area contributed by atoms with Crippen molar-refractivity contribution in [3.8, 4) is 5.75 Å². The predicted octanol–water partition coefficient (Wildman–Crippen LogP) is 1.79. The van der Waals surface area contributed by atoms with Crippen LogP contribution < -0.4 is 10.5 Å². The minimum Gasteiger partial charge on any atom is -0.493 e. The third-order valence-electron chi connectivity index (χ3n) is 4.08. The molecule has 3 N–H and O–H groups in total. The van der Waals surface area contributed by atoms with E-state index in [0.717, 1.165) is 11.3 Å². The molecule has 1 aliphatic heterocycles. The summed E-state index contributed by atoms with van der Waals surface area (Å²) in [6, 6.07) is 13.3. The SMILES string of the molecule is NCC1(C(O)c2ccccn2)CCOc2ccccc21. The highest BCUT2D eigenvalue weighted by Gasteiger charge is 2.44. The summed E-state index contributed by atoms with van der Waals surface area (Å²) in [6.45, 7) is 0.906. The summed E-state index contributed by atoms with van der Waals surface area (Å²) in [5, 5.41) is 10.8. The lowest BCUT2D eigenvalue weighted by Crippen LogP contribution is -2.45. The molecule has 2 atom stereocenters. The van der Waals surface area contributed by atoms with Crippen LogP contribution in [-0.2, 0) is 5.41 Å². The van der Waals surface area contributed by atoms with E-state index in [9.17, 15) is 5.11 Å². The molecule has 4 nitrogen and oxygen atoms in total. The van der Waals surface area contributed by atoms with E-state index in [1.165, 1.54) is 0 Å². The highest BCUT2D eigenvalue weighted by Crippen LogP contribution is 2.45. The number of benzene rings is 1.